The van der Waals surface area contributed by atoms with Crippen molar-refractivity contribution in [3.05, 3.63) is 53.2 Å². The molecule has 0 amide bonds. The first kappa shape index (κ1) is 14.8. The number of pyridine rings is 1. The van der Waals surface area contributed by atoms with E-state index in [4.69, 9.17) is 17.3 Å². The summed E-state index contributed by atoms with van der Waals surface area (Å²) in [6.45, 7) is 3.46. The van der Waals surface area contributed by atoms with Gasteiger partial charge in [-0.3, -0.25) is 0 Å². The summed E-state index contributed by atoms with van der Waals surface area (Å²) in [4.78, 5) is 6.80. The maximum absolute atomic E-state index is 6.09. The molecule has 1 heterocycles. The summed E-state index contributed by atoms with van der Waals surface area (Å²) in [7, 11) is 0. The van der Waals surface area contributed by atoms with Crippen LogP contribution in [0.15, 0.2) is 42.5 Å². The van der Waals surface area contributed by atoms with Crippen molar-refractivity contribution in [1.82, 2.24) is 4.98 Å². The van der Waals surface area contributed by atoms with Crippen LogP contribution in [-0.4, -0.2) is 11.5 Å². The molecule has 0 radical (unpaired) electrons. The van der Waals surface area contributed by atoms with Gasteiger partial charge in [-0.1, -0.05) is 43.1 Å². The van der Waals surface area contributed by atoms with Crippen LogP contribution in [0.4, 0.5) is 11.5 Å². The number of hydrogen-bond donors (Lipinski definition) is 1. The fourth-order valence-corrected chi connectivity index (χ4v) is 2.25. The Morgan fingerprint density at radius 3 is 2.55 bits per heavy atom. The number of nitrogens with two attached hydrogens (primary N) is 1. The van der Waals surface area contributed by atoms with Crippen molar-refractivity contribution in [2.75, 3.05) is 11.4 Å². The Morgan fingerprint density at radius 1 is 1.15 bits per heavy atom. The maximum Gasteiger partial charge on any atom is 0.133 e. The van der Waals surface area contributed by atoms with Crippen LogP contribution in [0.1, 0.15) is 25.5 Å². The normalized spacial score (nSPS) is 10.6. The summed E-state index contributed by atoms with van der Waals surface area (Å²) in [5.41, 5.74) is 7.57. The smallest absolute Gasteiger partial charge is 0.133 e. The first-order chi connectivity index (χ1) is 9.76. The van der Waals surface area contributed by atoms with Crippen LogP contribution in [0, 0.1) is 0 Å². The monoisotopic (exact) mass is 289 g/mol. The molecule has 1 aromatic carbocycles. The average molecular weight is 290 g/mol. The molecule has 2 N–H and O–H groups in total. The van der Waals surface area contributed by atoms with Gasteiger partial charge in [-0.2, -0.15) is 0 Å². The molecule has 3 nitrogen and oxygen atoms in total. The summed E-state index contributed by atoms with van der Waals surface area (Å²) in [6, 6.07) is 14.1. The van der Waals surface area contributed by atoms with Gasteiger partial charge in [-0.15, -0.1) is 0 Å². The van der Waals surface area contributed by atoms with Gasteiger partial charge in [-0.05, 0) is 30.7 Å². The zero-order valence-corrected chi connectivity index (χ0v) is 12.5. The summed E-state index contributed by atoms with van der Waals surface area (Å²) in [6.07, 6.45) is 2.25. The van der Waals surface area contributed by atoms with Crippen molar-refractivity contribution in [3.63, 3.8) is 0 Å². The average Bonchev–Trinajstić information content (AvgIpc) is 2.50. The van der Waals surface area contributed by atoms with Crippen LogP contribution in [0.25, 0.3) is 0 Å². The topological polar surface area (TPSA) is 42.1 Å². The predicted molar refractivity (Wildman–Crippen MR) is 85.5 cm³/mol. The fraction of sp³-hybridized carbons (Fsp3) is 0.312. The number of halogens is 1. The van der Waals surface area contributed by atoms with Crippen molar-refractivity contribution in [2.45, 2.75) is 26.3 Å². The molecule has 0 aliphatic rings. The van der Waals surface area contributed by atoms with Crippen LogP contribution in [0.5, 0.6) is 0 Å². The largest absolute Gasteiger partial charge is 0.326 e. The highest BCUT2D eigenvalue weighted by Gasteiger charge is 2.11. The lowest BCUT2D eigenvalue weighted by molar-refractivity contribution is 0.777. The van der Waals surface area contributed by atoms with Gasteiger partial charge in [0.25, 0.3) is 0 Å². The third-order valence-corrected chi connectivity index (χ3v) is 3.52. The van der Waals surface area contributed by atoms with Crippen molar-refractivity contribution in [2.24, 2.45) is 5.73 Å². The van der Waals surface area contributed by atoms with Crippen LogP contribution in [0.2, 0.25) is 5.02 Å². The highest BCUT2D eigenvalue weighted by molar-refractivity contribution is 6.31. The Balaban J connectivity index is 2.36. The minimum absolute atomic E-state index is 0.350. The highest BCUT2D eigenvalue weighted by atomic mass is 35.5. The van der Waals surface area contributed by atoms with E-state index in [-0.39, 0.29) is 0 Å². The van der Waals surface area contributed by atoms with Crippen molar-refractivity contribution >= 4 is 23.1 Å². The van der Waals surface area contributed by atoms with Gasteiger partial charge in [0.2, 0.25) is 0 Å². The third-order valence-electron chi connectivity index (χ3n) is 3.18. The quantitative estimate of drug-likeness (QED) is 0.869. The van der Waals surface area contributed by atoms with Crippen molar-refractivity contribution in [3.8, 4) is 0 Å². The Kier molecular flexibility index (Phi) is 5.39. The molecule has 0 aliphatic carbocycles. The van der Waals surface area contributed by atoms with Crippen LogP contribution < -0.4 is 10.6 Å². The second-order valence-electron chi connectivity index (χ2n) is 4.64. The summed E-state index contributed by atoms with van der Waals surface area (Å²) in [5.74, 6) is 0.898. The predicted octanol–water partition coefficient (Wildman–Crippen LogP) is 4.13. The second-order valence-corrected chi connectivity index (χ2v) is 5.05. The highest BCUT2D eigenvalue weighted by Crippen LogP contribution is 2.26. The zero-order valence-electron chi connectivity index (χ0n) is 11.7. The van der Waals surface area contributed by atoms with Crippen LogP contribution >= 0.6 is 11.6 Å². The first-order valence-corrected chi connectivity index (χ1v) is 7.32. The van der Waals surface area contributed by atoms with E-state index in [2.05, 4.69) is 28.9 Å². The molecule has 2 rings (SSSR count). The zero-order chi connectivity index (χ0) is 14.4. The second kappa shape index (κ2) is 7.27. The molecule has 0 fully saturated rings. The van der Waals surface area contributed by atoms with E-state index in [9.17, 15) is 0 Å². The van der Waals surface area contributed by atoms with Gasteiger partial charge in [0, 0.05) is 18.8 Å². The third kappa shape index (κ3) is 3.50. The molecule has 0 unspecified atom stereocenters. The van der Waals surface area contributed by atoms with Gasteiger partial charge in [0.15, 0.2) is 0 Å². The first-order valence-electron chi connectivity index (χ1n) is 6.94. The molecular weight excluding hydrogens is 270 g/mol. The van der Waals surface area contributed by atoms with Crippen molar-refractivity contribution in [1.29, 1.82) is 0 Å². The summed E-state index contributed by atoms with van der Waals surface area (Å²) < 4.78 is 0. The Labute approximate surface area is 125 Å². The van der Waals surface area contributed by atoms with Crippen LogP contribution in [0.3, 0.4) is 0 Å². The molecular formula is C16H20ClN3. The van der Waals surface area contributed by atoms with E-state index in [0.29, 0.717) is 11.6 Å². The number of rotatable bonds is 6. The number of hydrogen-bond acceptors (Lipinski definition) is 3. The van der Waals surface area contributed by atoms with Gasteiger partial charge in [0.05, 0.1) is 10.7 Å². The summed E-state index contributed by atoms with van der Waals surface area (Å²) in [5, 5.41) is 0.625. The molecule has 0 spiro atoms. The SMILES string of the molecule is CCCCN(c1ccccc1)c1ccc(Cl)c(CN)n1. The van der Waals surface area contributed by atoms with E-state index in [0.717, 1.165) is 36.6 Å². The van der Waals surface area contributed by atoms with Gasteiger partial charge >= 0.3 is 0 Å². The lowest BCUT2D eigenvalue weighted by Crippen LogP contribution is -2.20. The number of unbranched alkanes of at least 4 members (excludes halogenated alkanes) is 1. The number of para-hydroxylation sites is 1. The molecule has 2 aromatic rings. The molecule has 0 aliphatic heterocycles. The standard InChI is InChI=1S/C16H20ClN3/c1-2-3-11-20(13-7-5-4-6-8-13)16-10-9-14(17)15(12-18)19-16/h4-10H,2-3,11-12,18H2,1H3. The Morgan fingerprint density at radius 2 is 1.90 bits per heavy atom. The van der Waals surface area contributed by atoms with E-state index in [1.165, 1.54) is 0 Å². The van der Waals surface area contributed by atoms with E-state index < -0.39 is 0 Å². The van der Waals surface area contributed by atoms with E-state index in [1.807, 2.05) is 30.3 Å². The van der Waals surface area contributed by atoms with E-state index in [1.54, 1.807) is 0 Å². The lowest BCUT2D eigenvalue weighted by atomic mass is 10.2. The molecule has 0 saturated heterocycles. The minimum atomic E-state index is 0.350. The van der Waals surface area contributed by atoms with E-state index >= 15 is 0 Å². The minimum Gasteiger partial charge on any atom is -0.326 e. The molecule has 0 saturated carbocycles. The Bertz CT molecular complexity index is 543. The molecule has 0 atom stereocenters. The van der Waals surface area contributed by atoms with Gasteiger partial charge in [0.1, 0.15) is 5.82 Å². The van der Waals surface area contributed by atoms with Crippen molar-refractivity contribution < 1.29 is 0 Å². The number of aromatic nitrogens is 1. The molecule has 106 valence electrons. The lowest BCUT2D eigenvalue weighted by Gasteiger charge is -2.24. The Hall–Kier alpha value is -1.58. The molecule has 0 bridgehead atoms. The fourth-order valence-electron chi connectivity index (χ4n) is 2.07. The van der Waals surface area contributed by atoms with Gasteiger partial charge < -0.3 is 10.6 Å². The molecule has 1 aromatic heterocycles. The summed E-state index contributed by atoms with van der Waals surface area (Å²) >= 11 is 6.09. The number of benzene rings is 1. The molecule has 4 heteroatoms. The van der Waals surface area contributed by atoms with Gasteiger partial charge in [-0.25, -0.2) is 4.98 Å². The maximum atomic E-state index is 6.09. The number of anilines is 2. The van der Waals surface area contributed by atoms with Crippen LogP contribution in [-0.2, 0) is 6.54 Å². The molecule has 20 heavy (non-hydrogen) atoms. The number of nitrogens with zero attached hydrogens (tertiary/aromatic N) is 2.